The summed E-state index contributed by atoms with van der Waals surface area (Å²) in [6, 6.07) is 9.82. The highest BCUT2D eigenvalue weighted by atomic mass is 14.9. The third-order valence-corrected chi connectivity index (χ3v) is 2.48. The molecule has 1 aromatic carbocycles. The molecular formula is C13H16N4. The van der Waals surface area contributed by atoms with Gasteiger partial charge in [-0.15, -0.1) is 0 Å². The molecule has 4 heteroatoms. The van der Waals surface area contributed by atoms with Crippen molar-refractivity contribution in [2.45, 2.75) is 13.3 Å². The largest absolute Gasteiger partial charge is 0.384 e. The molecule has 17 heavy (non-hydrogen) atoms. The summed E-state index contributed by atoms with van der Waals surface area (Å²) in [5.41, 5.74) is 14.3. The van der Waals surface area contributed by atoms with Gasteiger partial charge in [-0.1, -0.05) is 23.8 Å². The van der Waals surface area contributed by atoms with E-state index in [1.54, 1.807) is 6.07 Å². The minimum atomic E-state index is 0.486. The van der Waals surface area contributed by atoms with Gasteiger partial charge in [-0.05, 0) is 19.5 Å². The molecule has 0 aliphatic heterocycles. The average molecular weight is 228 g/mol. The first-order chi connectivity index (χ1) is 8.19. The fraction of sp³-hybridized carbons (Fsp3) is 0.231. The first-order valence-corrected chi connectivity index (χ1v) is 5.59. The highest BCUT2D eigenvalue weighted by Gasteiger charge is 2.05. The van der Waals surface area contributed by atoms with Crippen molar-refractivity contribution in [3.8, 4) is 11.4 Å². The van der Waals surface area contributed by atoms with Gasteiger partial charge in [0, 0.05) is 23.7 Å². The van der Waals surface area contributed by atoms with Crippen LogP contribution in [0.15, 0.2) is 30.3 Å². The standard InChI is InChI=1S/C13H16N4/c1-9-3-2-4-10(7-9)13-16-11(5-6-14)8-12(15)17-13/h2-4,7-8H,5-6,14H2,1H3,(H2,15,16,17). The molecule has 4 N–H and O–H groups in total. The van der Waals surface area contributed by atoms with E-state index in [2.05, 4.69) is 9.97 Å². The maximum atomic E-state index is 5.77. The molecule has 0 unspecified atom stereocenters. The Morgan fingerprint density at radius 1 is 1.18 bits per heavy atom. The molecule has 0 spiro atoms. The van der Waals surface area contributed by atoms with Crippen molar-refractivity contribution >= 4 is 5.82 Å². The van der Waals surface area contributed by atoms with Crippen LogP contribution < -0.4 is 11.5 Å². The molecule has 0 atom stereocenters. The Balaban J connectivity index is 2.44. The number of anilines is 1. The van der Waals surface area contributed by atoms with Crippen molar-refractivity contribution in [3.63, 3.8) is 0 Å². The number of nitrogens with two attached hydrogens (primary N) is 2. The molecule has 0 aliphatic rings. The van der Waals surface area contributed by atoms with Gasteiger partial charge in [0.15, 0.2) is 5.82 Å². The number of hydrogen-bond acceptors (Lipinski definition) is 4. The Kier molecular flexibility index (Phi) is 3.35. The fourth-order valence-electron chi connectivity index (χ4n) is 1.71. The van der Waals surface area contributed by atoms with Crippen molar-refractivity contribution in [2.24, 2.45) is 5.73 Å². The second-order valence-corrected chi connectivity index (χ2v) is 4.02. The first-order valence-electron chi connectivity index (χ1n) is 5.59. The zero-order valence-electron chi connectivity index (χ0n) is 9.85. The van der Waals surface area contributed by atoms with E-state index in [4.69, 9.17) is 11.5 Å². The minimum Gasteiger partial charge on any atom is -0.384 e. The zero-order valence-corrected chi connectivity index (χ0v) is 9.85. The Hall–Kier alpha value is -1.94. The predicted molar refractivity (Wildman–Crippen MR) is 69.4 cm³/mol. The lowest BCUT2D eigenvalue weighted by atomic mass is 10.1. The minimum absolute atomic E-state index is 0.486. The van der Waals surface area contributed by atoms with Crippen LogP contribution >= 0.6 is 0 Å². The Bertz CT molecular complexity index is 523. The Morgan fingerprint density at radius 3 is 2.71 bits per heavy atom. The van der Waals surface area contributed by atoms with E-state index in [1.165, 1.54) is 5.56 Å². The molecule has 0 amide bonds. The van der Waals surface area contributed by atoms with Crippen LogP contribution in [-0.2, 0) is 6.42 Å². The SMILES string of the molecule is Cc1cccc(-c2nc(N)cc(CCN)n2)c1. The van der Waals surface area contributed by atoms with Crippen molar-refractivity contribution in [2.75, 3.05) is 12.3 Å². The molecule has 0 aliphatic carbocycles. The molecular weight excluding hydrogens is 212 g/mol. The molecule has 0 fully saturated rings. The molecule has 4 nitrogen and oxygen atoms in total. The summed E-state index contributed by atoms with van der Waals surface area (Å²) in [7, 11) is 0. The summed E-state index contributed by atoms with van der Waals surface area (Å²) in [5.74, 6) is 1.15. The molecule has 0 saturated heterocycles. The van der Waals surface area contributed by atoms with Crippen LogP contribution in [0.1, 0.15) is 11.3 Å². The summed E-state index contributed by atoms with van der Waals surface area (Å²) in [6.07, 6.45) is 0.714. The van der Waals surface area contributed by atoms with Crippen LogP contribution in [-0.4, -0.2) is 16.5 Å². The molecule has 88 valence electrons. The van der Waals surface area contributed by atoms with E-state index in [0.29, 0.717) is 24.6 Å². The van der Waals surface area contributed by atoms with Crippen LogP contribution in [0.5, 0.6) is 0 Å². The number of rotatable bonds is 3. The number of hydrogen-bond donors (Lipinski definition) is 2. The lowest BCUT2D eigenvalue weighted by Gasteiger charge is -2.05. The van der Waals surface area contributed by atoms with Crippen LogP contribution in [0.4, 0.5) is 5.82 Å². The molecule has 0 saturated carbocycles. The summed E-state index contributed by atoms with van der Waals surface area (Å²) >= 11 is 0. The average Bonchev–Trinajstić information content (AvgIpc) is 2.28. The van der Waals surface area contributed by atoms with Gasteiger partial charge in [0.1, 0.15) is 5.82 Å². The Labute approximate surface area is 101 Å². The van der Waals surface area contributed by atoms with Gasteiger partial charge in [0.05, 0.1) is 0 Å². The predicted octanol–water partition coefficient (Wildman–Crippen LogP) is 1.54. The van der Waals surface area contributed by atoms with E-state index >= 15 is 0 Å². The van der Waals surface area contributed by atoms with Crippen LogP contribution in [0.25, 0.3) is 11.4 Å². The van der Waals surface area contributed by atoms with Crippen molar-refractivity contribution in [1.29, 1.82) is 0 Å². The van der Waals surface area contributed by atoms with E-state index in [0.717, 1.165) is 11.3 Å². The second kappa shape index (κ2) is 4.93. The monoisotopic (exact) mass is 228 g/mol. The van der Waals surface area contributed by atoms with Crippen LogP contribution in [0.3, 0.4) is 0 Å². The summed E-state index contributed by atoms with van der Waals surface area (Å²) in [6.45, 7) is 2.60. The molecule has 0 bridgehead atoms. The number of nitrogens with zero attached hydrogens (tertiary/aromatic N) is 2. The highest BCUT2D eigenvalue weighted by molar-refractivity contribution is 5.57. The molecule has 1 heterocycles. The lowest BCUT2D eigenvalue weighted by molar-refractivity contribution is 0.915. The second-order valence-electron chi connectivity index (χ2n) is 4.02. The van der Waals surface area contributed by atoms with Gasteiger partial charge < -0.3 is 11.5 Å². The smallest absolute Gasteiger partial charge is 0.161 e. The molecule has 2 aromatic rings. The number of nitrogen functional groups attached to an aromatic ring is 1. The normalized spacial score (nSPS) is 10.5. The summed E-state index contributed by atoms with van der Waals surface area (Å²) in [4.78, 5) is 8.72. The maximum absolute atomic E-state index is 5.77. The Morgan fingerprint density at radius 2 is 2.00 bits per heavy atom. The van der Waals surface area contributed by atoms with E-state index in [9.17, 15) is 0 Å². The quantitative estimate of drug-likeness (QED) is 0.835. The molecule has 2 rings (SSSR count). The van der Waals surface area contributed by atoms with Crippen LogP contribution in [0, 0.1) is 6.92 Å². The summed E-state index contributed by atoms with van der Waals surface area (Å²) < 4.78 is 0. The third-order valence-electron chi connectivity index (χ3n) is 2.48. The molecule has 1 aromatic heterocycles. The topological polar surface area (TPSA) is 77.8 Å². The number of aryl methyl sites for hydroxylation is 1. The number of benzene rings is 1. The van der Waals surface area contributed by atoms with Gasteiger partial charge in [-0.3, -0.25) is 0 Å². The van der Waals surface area contributed by atoms with E-state index in [-0.39, 0.29) is 0 Å². The molecule has 0 radical (unpaired) electrons. The van der Waals surface area contributed by atoms with Gasteiger partial charge in [0.2, 0.25) is 0 Å². The van der Waals surface area contributed by atoms with Crippen molar-refractivity contribution < 1.29 is 0 Å². The van der Waals surface area contributed by atoms with Crippen molar-refractivity contribution in [3.05, 3.63) is 41.6 Å². The van der Waals surface area contributed by atoms with Gasteiger partial charge >= 0.3 is 0 Å². The zero-order chi connectivity index (χ0) is 12.3. The number of aromatic nitrogens is 2. The third kappa shape index (κ3) is 2.79. The van der Waals surface area contributed by atoms with Gasteiger partial charge in [0.25, 0.3) is 0 Å². The van der Waals surface area contributed by atoms with E-state index in [1.807, 2.05) is 31.2 Å². The first kappa shape index (κ1) is 11.5. The van der Waals surface area contributed by atoms with Crippen molar-refractivity contribution in [1.82, 2.24) is 9.97 Å². The van der Waals surface area contributed by atoms with Gasteiger partial charge in [-0.25, -0.2) is 9.97 Å². The maximum Gasteiger partial charge on any atom is 0.161 e. The van der Waals surface area contributed by atoms with Gasteiger partial charge in [-0.2, -0.15) is 0 Å². The van der Waals surface area contributed by atoms with E-state index < -0.39 is 0 Å². The highest BCUT2D eigenvalue weighted by Crippen LogP contribution is 2.18. The lowest BCUT2D eigenvalue weighted by Crippen LogP contribution is -2.07. The van der Waals surface area contributed by atoms with Crippen LogP contribution in [0.2, 0.25) is 0 Å². The summed E-state index contributed by atoms with van der Waals surface area (Å²) in [5, 5.41) is 0. The fourth-order valence-corrected chi connectivity index (χ4v) is 1.71.